The van der Waals surface area contributed by atoms with E-state index in [1.165, 1.54) is 18.2 Å². The van der Waals surface area contributed by atoms with Gasteiger partial charge in [-0.1, -0.05) is 45.8 Å². The Labute approximate surface area is 171 Å². The Morgan fingerprint density at radius 1 is 1.48 bits per heavy atom. The smallest absolute Gasteiger partial charge is 0.332 e. The minimum absolute atomic E-state index is 0.0254. The average molecular weight is 440 g/mol. The lowest BCUT2D eigenvalue weighted by atomic mass is 10.1. The number of hydrogen-bond donors (Lipinski definition) is 3. The summed E-state index contributed by atoms with van der Waals surface area (Å²) in [7, 11) is 2.09. The van der Waals surface area contributed by atoms with Crippen molar-refractivity contribution in [3.63, 3.8) is 0 Å². The van der Waals surface area contributed by atoms with Crippen molar-refractivity contribution in [1.82, 2.24) is 4.73 Å². The third-order valence-electron chi connectivity index (χ3n) is 3.55. The van der Waals surface area contributed by atoms with Crippen molar-refractivity contribution in [2.75, 3.05) is 6.54 Å². The van der Waals surface area contributed by atoms with Crippen LogP contribution in [0, 0.1) is 10.1 Å². The molecule has 2 rings (SSSR count). The van der Waals surface area contributed by atoms with E-state index in [1.54, 1.807) is 6.92 Å². The highest BCUT2D eigenvalue weighted by Gasteiger charge is 2.25. The number of carbonyl (C=O) groups is 1. The molecule has 1 aromatic carbocycles. The fraction of sp³-hybridized carbons (Fsp3) is 0.267. The van der Waals surface area contributed by atoms with E-state index in [0.29, 0.717) is 10.3 Å². The van der Waals surface area contributed by atoms with Crippen molar-refractivity contribution in [2.45, 2.75) is 23.5 Å². The summed E-state index contributed by atoms with van der Waals surface area (Å²) in [5.41, 5.74) is 14.4. The second-order valence-corrected chi connectivity index (χ2v) is 7.84. The van der Waals surface area contributed by atoms with Gasteiger partial charge < -0.3 is 20.8 Å². The first-order valence-electron chi connectivity index (χ1n) is 8.04. The molecule has 4 N–H and O–H groups in total. The van der Waals surface area contributed by atoms with E-state index in [9.17, 15) is 25.1 Å². The molecule has 14 heteroatoms. The van der Waals surface area contributed by atoms with E-state index in [-0.39, 0.29) is 29.2 Å². The van der Waals surface area contributed by atoms with E-state index in [0.717, 1.165) is 27.7 Å². The maximum Gasteiger partial charge on any atom is 0.332 e. The number of nitro benzene ring substituents is 1. The molecule has 0 aliphatic heterocycles. The Morgan fingerprint density at radius 3 is 2.79 bits per heavy atom. The molecule has 0 spiro atoms. The molecule has 0 aliphatic rings. The number of aromatic hydroxyl groups is 2. The molecule has 12 nitrogen and oxygen atoms in total. The Hall–Kier alpha value is -3.06. The summed E-state index contributed by atoms with van der Waals surface area (Å²) in [4.78, 5) is 29.8. The van der Waals surface area contributed by atoms with Crippen LogP contribution in [0.25, 0.3) is 10.4 Å². The van der Waals surface area contributed by atoms with E-state index >= 15 is 0 Å². The molecule has 1 aromatic heterocycles. The molecule has 2 aromatic rings. The second kappa shape index (κ2) is 9.93. The summed E-state index contributed by atoms with van der Waals surface area (Å²) in [6, 6.07) is 5.20. The monoisotopic (exact) mass is 440 g/mol. The van der Waals surface area contributed by atoms with E-state index in [4.69, 9.17) is 16.1 Å². The summed E-state index contributed by atoms with van der Waals surface area (Å²) in [5, 5.41) is 34.2. The molecule has 1 heterocycles. The standard InChI is InChI=1S/C15H16N6O6S2/c1-2-14(23)27-20-13(22)6-11(15(20)24)28-29-12(7-16)9-4-3-8(18-19-17)5-10(9)21(25)26/h3-6,12,22,24H,2,7,16H2,1H3. The number of azide groups is 1. The van der Waals surface area contributed by atoms with Gasteiger partial charge in [-0.2, -0.15) is 0 Å². The lowest BCUT2D eigenvalue weighted by molar-refractivity contribution is -0.385. The van der Waals surface area contributed by atoms with Crippen LogP contribution < -0.4 is 10.6 Å². The Bertz CT molecular complexity index is 974. The molecule has 154 valence electrons. The molecule has 0 aliphatic carbocycles. The highest BCUT2D eigenvalue weighted by Crippen LogP contribution is 2.48. The number of aromatic nitrogens is 1. The molecule has 0 saturated carbocycles. The van der Waals surface area contributed by atoms with E-state index in [1.807, 2.05) is 0 Å². The molecular formula is C15H16N6O6S2. The number of nitrogens with zero attached hydrogens (tertiary/aromatic N) is 5. The van der Waals surface area contributed by atoms with Gasteiger partial charge in [-0.3, -0.25) is 10.1 Å². The van der Waals surface area contributed by atoms with Crippen molar-refractivity contribution in [2.24, 2.45) is 10.8 Å². The van der Waals surface area contributed by atoms with Gasteiger partial charge in [-0.05, 0) is 5.53 Å². The largest absolute Gasteiger partial charge is 0.492 e. The first kappa shape index (κ1) is 22.2. The van der Waals surface area contributed by atoms with Crippen LogP contribution in [-0.2, 0) is 4.79 Å². The Kier molecular flexibility index (Phi) is 7.61. The zero-order valence-electron chi connectivity index (χ0n) is 15.0. The molecule has 1 unspecified atom stereocenters. The van der Waals surface area contributed by atoms with Crippen LogP contribution in [0.5, 0.6) is 11.8 Å². The fourth-order valence-electron chi connectivity index (χ4n) is 2.17. The molecular weight excluding hydrogens is 424 g/mol. The van der Waals surface area contributed by atoms with E-state index < -0.39 is 27.9 Å². The van der Waals surface area contributed by atoms with Gasteiger partial charge in [-0.15, -0.1) is 4.73 Å². The van der Waals surface area contributed by atoms with Gasteiger partial charge in [0.05, 0.1) is 15.1 Å². The summed E-state index contributed by atoms with van der Waals surface area (Å²) >= 11 is 0. The van der Waals surface area contributed by atoms with Crippen molar-refractivity contribution < 1.29 is 24.8 Å². The second-order valence-electron chi connectivity index (χ2n) is 5.40. The molecule has 0 fully saturated rings. The average Bonchev–Trinajstić information content (AvgIpc) is 2.96. The van der Waals surface area contributed by atoms with Gasteiger partial charge in [-0.25, -0.2) is 4.79 Å². The summed E-state index contributed by atoms with van der Waals surface area (Å²) in [6.07, 6.45) is 0.0407. The van der Waals surface area contributed by atoms with Gasteiger partial charge in [0.15, 0.2) is 0 Å². The van der Waals surface area contributed by atoms with Crippen LogP contribution in [-0.4, -0.2) is 32.4 Å². The predicted octanol–water partition coefficient (Wildman–Crippen LogP) is 3.55. The number of carbonyl (C=O) groups excluding carboxylic acids is 1. The molecule has 1 atom stereocenters. The highest BCUT2D eigenvalue weighted by molar-refractivity contribution is 8.76. The van der Waals surface area contributed by atoms with Crippen LogP contribution in [0.15, 0.2) is 34.3 Å². The third kappa shape index (κ3) is 5.26. The SMILES string of the molecule is CCC(=O)On1c(O)cc(SSC(CN)c2ccc(N=[N+]=[N-])cc2[N+](=O)[O-])c1O. The van der Waals surface area contributed by atoms with Gasteiger partial charge in [0.2, 0.25) is 11.8 Å². The van der Waals surface area contributed by atoms with Gasteiger partial charge >= 0.3 is 5.97 Å². The maximum absolute atomic E-state index is 11.4. The summed E-state index contributed by atoms with van der Waals surface area (Å²) in [6.45, 7) is 1.58. The quantitative estimate of drug-likeness (QED) is 0.131. The number of rotatable bonds is 9. The first-order valence-corrected chi connectivity index (χ1v) is 10.2. The zero-order valence-corrected chi connectivity index (χ0v) is 16.6. The minimum atomic E-state index is -0.661. The van der Waals surface area contributed by atoms with Crippen molar-refractivity contribution >= 4 is 38.9 Å². The molecule has 0 amide bonds. The predicted molar refractivity (Wildman–Crippen MR) is 107 cm³/mol. The normalized spacial score (nSPS) is 11.5. The van der Waals surface area contributed by atoms with Gasteiger partial charge in [0.25, 0.3) is 5.69 Å². The maximum atomic E-state index is 11.4. The molecule has 0 saturated heterocycles. The molecule has 29 heavy (non-hydrogen) atoms. The lowest BCUT2D eigenvalue weighted by Gasteiger charge is -2.14. The van der Waals surface area contributed by atoms with Gasteiger partial charge in [0.1, 0.15) is 0 Å². The number of nitrogens with two attached hydrogens (primary N) is 1. The topological polar surface area (TPSA) is 190 Å². The van der Waals surface area contributed by atoms with Crippen LogP contribution in [0.1, 0.15) is 24.2 Å². The fourth-order valence-corrected chi connectivity index (χ4v) is 4.66. The molecule has 0 bridgehead atoms. The Balaban J connectivity index is 2.26. The zero-order chi connectivity index (χ0) is 21.6. The van der Waals surface area contributed by atoms with Crippen LogP contribution in [0.3, 0.4) is 0 Å². The molecule has 0 radical (unpaired) electrons. The van der Waals surface area contributed by atoms with Crippen LogP contribution in [0.4, 0.5) is 11.4 Å². The van der Waals surface area contributed by atoms with Crippen LogP contribution in [0.2, 0.25) is 0 Å². The Morgan fingerprint density at radius 2 is 2.21 bits per heavy atom. The van der Waals surface area contributed by atoms with E-state index in [2.05, 4.69) is 10.0 Å². The summed E-state index contributed by atoms with van der Waals surface area (Å²) < 4.78 is 0.587. The highest BCUT2D eigenvalue weighted by atomic mass is 33.1. The third-order valence-corrected chi connectivity index (χ3v) is 6.33. The minimum Gasteiger partial charge on any atom is -0.492 e. The van der Waals surface area contributed by atoms with Crippen molar-refractivity contribution in [1.29, 1.82) is 0 Å². The summed E-state index contributed by atoms with van der Waals surface area (Å²) in [5.74, 6) is -1.64. The number of benzene rings is 1. The lowest BCUT2D eigenvalue weighted by Crippen LogP contribution is -2.17. The van der Waals surface area contributed by atoms with Gasteiger partial charge in [0, 0.05) is 41.3 Å². The van der Waals surface area contributed by atoms with Crippen LogP contribution >= 0.6 is 21.6 Å². The number of nitro groups is 1. The van der Waals surface area contributed by atoms with Crippen molar-refractivity contribution in [3.8, 4) is 11.8 Å². The number of hydrogen-bond acceptors (Lipinski definition) is 10. The first-order chi connectivity index (χ1) is 13.8. The van der Waals surface area contributed by atoms with Crippen molar-refractivity contribution in [3.05, 3.63) is 50.4 Å².